The van der Waals surface area contributed by atoms with Crippen LogP contribution in [-0.2, 0) is 11.3 Å². The van der Waals surface area contributed by atoms with Crippen molar-refractivity contribution in [3.05, 3.63) is 66.1 Å². The fourth-order valence-corrected chi connectivity index (χ4v) is 4.05. The number of nitrogen functional groups attached to an aromatic ring is 1. The maximum atomic E-state index is 14.5. The van der Waals surface area contributed by atoms with Gasteiger partial charge in [-0.15, -0.1) is 5.10 Å². The number of hydrogen-bond donors (Lipinski definition) is 1. The molecule has 0 amide bonds. The number of methoxy groups -OCH3 is 1. The Morgan fingerprint density at radius 2 is 1.86 bits per heavy atom. The first-order chi connectivity index (χ1) is 17.6. The normalized spacial score (nSPS) is 14.2. The lowest BCUT2D eigenvalue weighted by atomic mass is 10.2. The third kappa shape index (κ3) is 5.34. The Hall–Kier alpha value is -3.89. The molecule has 2 aromatic heterocycles. The zero-order valence-electron chi connectivity index (χ0n) is 20.0. The summed E-state index contributed by atoms with van der Waals surface area (Å²) in [7, 11) is 1.63. The quantitative estimate of drug-likeness (QED) is 0.353. The van der Waals surface area contributed by atoms with Crippen molar-refractivity contribution in [3.8, 4) is 23.1 Å². The van der Waals surface area contributed by atoms with Crippen LogP contribution >= 0.6 is 0 Å². The Morgan fingerprint density at radius 1 is 1.06 bits per heavy atom. The van der Waals surface area contributed by atoms with Crippen LogP contribution in [-0.4, -0.2) is 66.2 Å². The van der Waals surface area contributed by atoms with E-state index in [1.807, 2.05) is 24.3 Å². The first-order valence-electron chi connectivity index (χ1n) is 11.7. The molecule has 10 heteroatoms. The number of ether oxygens (including phenoxy) is 4. The van der Waals surface area contributed by atoms with Gasteiger partial charge in [-0.25, -0.2) is 14.1 Å². The fourth-order valence-electron chi connectivity index (χ4n) is 4.05. The van der Waals surface area contributed by atoms with Crippen molar-refractivity contribution < 1.29 is 23.3 Å². The summed E-state index contributed by atoms with van der Waals surface area (Å²) >= 11 is 0. The van der Waals surface area contributed by atoms with E-state index >= 15 is 0 Å². The van der Waals surface area contributed by atoms with Crippen molar-refractivity contribution in [2.75, 3.05) is 52.3 Å². The smallest absolute Gasteiger partial charge is 0.246 e. The van der Waals surface area contributed by atoms with Crippen LogP contribution in [0.2, 0.25) is 0 Å². The Bertz CT molecular complexity index is 1320. The lowest BCUT2D eigenvalue weighted by Crippen LogP contribution is -2.38. The van der Waals surface area contributed by atoms with Gasteiger partial charge in [0.15, 0.2) is 17.2 Å². The molecule has 1 aliphatic heterocycles. The predicted molar refractivity (Wildman–Crippen MR) is 133 cm³/mol. The van der Waals surface area contributed by atoms with E-state index in [4.69, 9.17) is 29.8 Å². The summed E-state index contributed by atoms with van der Waals surface area (Å²) in [6.07, 6.45) is 1.61. The lowest BCUT2D eigenvalue weighted by Gasteiger charge is -2.26. The number of nitrogens with zero attached hydrogens (tertiary/aromatic N) is 4. The van der Waals surface area contributed by atoms with E-state index in [1.54, 1.807) is 30.1 Å². The van der Waals surface area contributed by atoms with Crippen LogP contribution in [0.25, 0.3) is 11.0 Å². The number of aromatic nitrogens is 3. The molecule has 0 spiro atoms. The number of nitrogens with two attached hydrogens (primary N) is 1. The Kier molecular flexibility index (Phi) is 7.15. The maximum absolute atomic E-state index is 14.5. The molecular weight excluding hydrogens is 465 g/mol. The van der Waals surface area contributed by atoms with Gasteiger partial charge < -0.3 is 24.7 Å². The number of anilines is 1. The Labute approximate surface area is 208 Å². The van der Waals surface area contributed by atoms with Crippen molar-refractivity contribution in [2.24, 2.45) is 0 Å². The highest BCUT2D eigenvalue weighted by atomic mass is 19.1. The zero-order chi connectivity index (χ0) is 24.9. The van der Waals surface area contributed by atoms with Crippen LogP contribution in [0.5, 0.6) is 23.1 Å². The summed E-state index contributed by atoms with van der Waals surface area (Å²) < 4.78 is 39.0. The molecule has 0 saturated carbocycles. The molecule has 0 unspecified atom stereocenters. The third-order valence-electron chi connectivity index (χ3n) is 5.98. The van der Waals surface area contributed by atoms with Crippen molar-refractivity contribution in [1.82, 2.24) is 19.7 Å². The Balaban J connectivity index is 1.46. The largest absolute Gasteiger partial charge is 0.497 e. The second-order valence-corrected chi connectivity index (χ2v) is 8.41. The van der Waals surface area contributed by atoms with Gasteiger partial charge in [0, 0.05) is 43.7 Å². The van der Waals surface area contributed by atoms with E-state index in [0.717, 1.165) is 30.9 Å². The number of rotatable bonds is 9. The maximum Gasteiger partial charge on any atom is 0.246 e. The van der Waals surface area contributed by atoms with Crippen molar-refractivity contribution in [2.45, 2.75) is 6.54 Å². The number of benzene rings is 2. The van der Waals surface area contributed by atoms with Crippen LogP contribution < -0.4 is 19.9 Å². The molecule has 5 rings (SSSR count). The molecule has 1 fully saturated rings. The van der Waals surface area contributed by atoms with Gasteiger partial charge in [-0.2, -0.15) is 0 Å². The summed E-state index contributed by atoms with van der Waals surface area (Å²) in [5.41, 5.74) is 7.59. The second-order valence-electron chi connectivity index (χ2n) is 8.41. The van der Waals surface area contributed by atoms with Gasteiger partial charge in [0.05, 0.1) is 26.9 Å². The highest BCUT2D eigenvalue weighted by Gasteiger charge is 2.20. The molecule has 9 nitrogen and oxygen atoms in total. The molecular formula is C26H28FN5O4. The van der Waals surface area contributed by atoms with Crippen molar-refractivity contribution in [3.63, 3.8) is 0 Å². The van der Waals surface area contributed by atoms with Gasteiger partial charge in [-0.05, 0) is 29.8 Å². The van der Waals surface area contributed by atoms with Gasteiger partial charge in [0.25, 0.3) is 0 Å². The molecule has 1 aliphatic rings. The number of halogens is 1. The van der Waals surface area contributed by atoms with Crippen molar-refractivity contribution in [1.29, 1.82) is 0 Å². The second kappa shape index (κ2) is 10.8. The van der Waals surface area contributed by atoms with Gasteiger partial charge in [-0.1, -0.05) is 12.1 Å². The highest BCUT2D eigenvalue weighted by Crippen LogP contribution is 2.36. The molecule has 0 aliphatic carbocycles. The number of pyridine rings is 1. The topological polar surface area (TPSA) is 96.9 Å². The SMILES string of the molecule is COc1ccc(Cn2nc(OCCN3CCOCC3)c3c(Oc4ccc(N)cc4F)ccnc32)cc1. The van der Waals surface area contributed by atoms with Crippen LogP contribution in [0, 0.1) is 5.82 Å². The minimum absolute atomic E-state index is 0.0545. The number of fused-ring (bicyclic) bond motifs is 1. The van der Waals surface area contributed by atoms with Crippen LogP contribution in [0.1, 0.15) is 5.56 Å². The highest BCUT2D eigenvalue weighted by molar-refractivity contribution is 5.88. The molecule has 188 valence electrons. The molecule has 4 aromatic rings. The van der Waals surface area contributed by atoms with Crippen molar-refractivity contribution >= 4 is 16.7 Å². The van der Waals surface area contributed by atoms with E-state index in [0.29, 0.717) is 54.7 Å². The predicted octanol–water partition coefficient (Wildman–Crippen LogP) is 3.71. The van der Waals surface area contributed by atoms with E-state index in [1.165, 1.54) is 12.1 Å². The average molecular weight is 494 g/mol. The van der Waals surface area contributed by atoms with E-state index in [2.05, 4.69) is 9.88 Å². The van der Waals surface area contributed by atoms with Crippen LogP contribution in [0.3, 0.4) is 0 Å². The molecule has 2 N–H and O–H groups in total. The summed E-state index contributed by atoms with van der Waals surface area (Å²) in [5, 5.41) is 5.29. The minimum atomic E-state index is -0.555. The molecule has 3 heterocycles. The number of hydrogen-bond acceptors (Lipinski definition) is 8. The first kappa shape index (κ1) is 23.8. The zero-order valence-corrected chi connectivity index (χ0v) is 20.0. The lowest BCUT2D eigenvalue weighted by molar-refractivity contribution is 0.0320. The molecule has 0 atom stereocenters. The molecule has 36 heavy (non-hydrogen) atoms. The number of morpholine rings is 1. The summed E-state index contributed by atoms with van der Waals surface area (Å²) in [6.45, 7) is 4.78. The molecule has 0 radical (unpaired) electrons. The minimum Gasteiger partial charge on any atom is -0.497 e. The van der Waals surface area contributed by atoms with Gasteiger partial charge in [0.2, 0.25) is 5.88 Å². The average Bonchev–Trinajstić information content (AvgIpc) is 3.25. The summed E-state index contributed by atoms with van der Waals surface area (Å²) in [6, 6.07) is 13.7. The fraction of sp³-hybridized carbons (Fsp3) is 0.308. The van der Waals surface area contributed by atoms with Gasteiger partial charge in [-0.3, -0.25) is 4.90 Å². The van der Waals surface area contributed by atoms with E-state index < -0.39 is 5.82 Å². The molecule has 2 aromatic carbocycles. The molecule has 0 bridgehead atoms. The Morgan fingerprint density at radius 3 is 2.61 bits per heavy atom. The van der Waals surface area contributed by atoms with Gasteiger partial charge >= 0.3 is 0 Å². The summed E-state index contributed by atoms with van der Waals surface area (Å²) in [5.74, 6) is 1.05. The van der Waals surface area contributed by atoms with E-state index in [9.17, 15) is 4.39 Å². The first-order valence-corrected chi connectivity index (χ1v) is 11.7. The summed E-state index contributed by atoms with van der Waals surface area (Å²) in [4.78, 5) is 6.82. The standard InChI is InChI=1S/C26H28FN5O4/c1-33-20-5-2-18(3-6-20)17-32-25-24(26(30-32)35-15-12-31-10-13-34-14-11-31)23(8-9-29-25)36-22-7-4-19(28)16-21(22)27/h2-9,16H,10-15,17,28H2,1H3. The van der Waals surface area contributed by atoms with Crippen LogP contribution in [0.15, 0.2) is 54.7 Å². The van der Waals surface area contributed by atoms with E-state index in [-0.39, 0.29) is 5.75 Å². The third-order valence-corrected chi connectivity index (χ3v) is 5.98. The monoisotopic (exact) mass is 493 g/mol. The van der Waals surface area contributed by atoms with Gasteiger partial charge in [0.1, 0.15) is 23.5 Å². The van der Waals surface area contributed by atoms with Crippen LogP contribution in [0.4, 0.5) is 10.1 Å². The molecule has 1 saturated heterocycles.